The molecule has 0 bridgehead atoms. The minimum Gasteiger partial charge on any atom is -0.455 e. The Labute approximate surface area is 201 Å². The summed E-state index contributed by atoms with van der Waals surface area (Å²) < 4.78 is 7.64. The highest BCUT2D eigenvalue weighted by atomic mass is 35.5. The van der Waals surface area contributed by atoms with Crippen LogP contribution in [0.5, 0.6) is 11.5 Å². The van der Waals surface area contributed by atoms with E-state index in [2.05, 4.69) is 5.32 Å². The SMILES string of the molecule is O=C(Nc1cc(Cl)ccc1Oc1ccccc1)C(=O)c1c(-c2ccccc2)cc2ccccn12. The lowest BCUT2D eigenvalue weighted by Crippen LogP contribution is -2.25. The molecule has 0 spiro atoms. The molecule has 3 aromatic carbocycles. The maximum atomic E-state index is 13.5. The van der Waals surface area contributed by atoms with Crippen LogP contribution in [0.4, 0.5) is 5.69 Å². The van der Waals surface area contributed by atoms with Crippen molar-refractivity contribution >= 4 is 34.5 Å². The number of pyridine rings is 1. The zero-order valence-corrected chi connectivity index (χ0v) is 18.7. The first kappa shape index (κ1) is 21.5. The predicted octanol–water partition coefficient (Wildman–Crippen LogP) is 6.87. The van der Waals surface area contributed by atoms with Crippen LogP contribution in [0, 0.1) is 0 Å². The maximum absolute atomic E-state index is 13.5. The van der Waals surface area contributed by atoms with Gasteiger partial charge in [0.25, 0.3) is 11.7 Å². The smallest absolute Gasteiger partial charge is 0.298 e. The number of para-hydroxylation sites is 1. The van der Waals surface area contributed by atoms with Gasteiger partial charge in [-0.15, -0.1) is 0 Å². The number of halogens is 1. The van der Waals surface area contributed by atoms with Crippen molar-refractivity contribution in [2.45, 2.75) is 0 Å². The quantitative estimate of drug-likeness (QED) is 0.219. The van der Waals surface area contributed by atoms with Gasteiger partial charge in [0, 0.05) is 22.3 Å². The number of amides is 1. The van der Waals surface area contributed by atoms with Crippen molar-refractivity contribution in [2.75, 3.05) is 5.32 Å². The van der Waals surface area contributed by atoms with E-state index in [0.717, 1.165) is 11.1 Å². The van der Waals surface area contributed by atoms with Gasteiger partial charge in [-0.3, -0.25) is 9.59 Å². The van der Waals surface area contributed by atoms with Crippen LogP contribution in [0.25, 0.3) is 16.6 Å². The summed E-state index contributed by atoms with van der Waals surface area (Å²) in [6, 6.07) is 31.0. The van der Waals surface area contributed by atoms with Gasteiger partial charge in [0.2, 0.25) is 0 Å². The van der Waals surface area contributed by atoms with Crippen molar-refractivity contribution in [1.82, 2.24) is 4.40 Å². The second kappa shape index (κ2) is 9.25. The molecule has 0 radical (unpaired) electrons. The van der Waals surface area contributed by atoms with Crippen molar-refractivity contribution in [3.05, 3.63) is 120 Å². The molecule has 0 saturated carbocycles. The molecule has 0 unspecified atom stereocenters. The Morgan fingerprint density at radius 3 is 2.26 bits per heavy atom. The van der Waals surface area contributed by atoms with E-state index in [-0.39, 0.29) is 5.69 Å². The monoisotopic (exact) mass is 466 g/mol. The van der Waals surface area contributed by atoms with Gasteiger partial charge in [-0.05, 0) is 54.1 Å². The highest BCUT2D eigenvalue weighted by molar-refractivity contribution is 6.47. The number of aromatic nitrogens is 1. The molecule has 5 rings (SSSR count). The number of nitrogens with zero attached hydrogens (tertiary/aromatic N) is 1. The number of ketones is 1. The molecule has 0 saturated heterocycles. The number of carbonyl (C=O) groups excluding carboxylic acids is 2. The first-order valence-electron chi connectivity index (χ1n) is 10.6. The van der Waals surface area contributed by atoms with Crippen LogP contribution in [0.1, 0.15) is 10.5 Å². The molecule has 2 aromatic heterocycles. The van der Waals surface area contributed by atoms with Gasteiger partial charge in [0.1, 0.15) is 11.4 Å². The summed E-state index contributed by atoms with van der Waals surface area (Å²) >= 11 is 6.17. The molecular formula is C28H19ClN2O3. The molecule has 1 N–H and O–H groups in total. The number of rotatable bonds is 6. The number of benzene rings is 3. The summed E-state index contributed by atoms with van der Waals surface area (Å²) in [5, 5.41) is 3.10. The largest absolute Gasteiger partial charge is 0.455 e. The first-order chi connectivity index (χ1) is 16.6. The molecule has 6 heteroatoms. The molecule has 0 aliphatic carbocycles. The highest BCUT2D eigenvalue weighted by Crippen LogP contribution is 2.33. The third-order valence-electron chi connectivity index (χ3n) is 5.35. The topological polar surface area (TPSA) is 59.8 Å². The molecule has 0 atom stereocenters. The fourth-order valence-corrected chi connectivity index (χ4v) is 3.96. The van der Waals surface area contributed by atoms with E-state index in [0.29, 0.717) is 27.8 Å². The zero-order chi connectivity index (χ0) is 23.5. The van der Waals surface area contributed by atoms with Crippen molar-refractivity contribution in [3.63, 3.8) is 0 Å². The van der Waals surface area contributed by atoms with Gasteiger partial charge in [-0.1, -0.05) is 66.2 Å². The Hall–Kier alpha value is -4.35. The molecule has 34 heavy (non-hydrogen) atoms. The Kier molecular flexibility index (Phi) is 5.85. The van der Waals surface area contributed by atoms with Crippen LogP contribution in [0.3, 0.4) is 0 Å². The lowest BCUT2D eigenvalue weighted by atomic mass is 10.0. The predicted molar refractivity (Wildman–Crippen MR) is 134 cm³/mol. The normalized spacial score (nSPS) is 10.7. The molecule has 1 amide bonds. The van der Waals surface area contributed by atoms with Gasteiger partial charge >= 0.3 is 0 Å². The Morgan fingerprint density at radius 1 is 0.794 bits per heavy atom. The average Bonchev–Trinajstić information content (AvgIpc) is 3.26. The van der Waals surface area contributed by atoms with E-state index >= 15 is 0 Å². The second-order valence-corrected chi connectivity index (χ2v) is 8.04. The van der Waals surface area contributed by atoms with Gasteiger partial charge in [0.15, 0.2) is 5.75 Å². The molecule has 166 valence electrons. The molecular weight excluding hydrogens is 448 g/mol. The minimum atomic E-state index is -0.791. The Bertz CT molecular complexity index is 1490. The van der Waals surface area contributed by atoms with Gasteiger partial charge in [-0.25, -0.2) is 0 Å². The van der Waals surface area contributed by atoms with E-state index in [1.54, 1.807) is 40.9 Å². The highest BCUT2D eigenvalue weighted by Gasteiger charge is 2.25. The summed E-state index contributed by atoms with van der Waals surface area (Å²) in [5.74, 6) is -0.493. The van der Waals surface area contributed by atoms with E-state index in [1.807, 2.05) is 72.8 Å². The fourth-order valence-electron chi connectivity index (χ4n) is 3.78. The number of hydrogen-bond acceptors (Lipinski definition) is 3. The molecule has 0 aliphatic rings. The standard InChI is InChI=1S/C28H19ClN2O3/c29-20-14-15-25(34-22-12-5-2-6-13-22)24(17-20)30-28(33)27(32)26-23(19-9-3-1-4-10-19)18-21-11-7-8-16-31(21)26/h1-18H,(H,30,33). The van der Waals surface area contributed by atoms with Crippen LogP contribution in [-0.2, 0) is 4.79 Å². The van der Waals surface area contributed by atoms with Crippen molar-refractivity contribution in [3.8, 4) is 22.6 Å². The van der Waals surface area contributed by atoms with Crippen LogP contribution in [0.2, 0.25) is 5.02 Å². The van der Waals surface area contributed by atoms with Crippen LogP contribution >= 0.6 is 11.6 Å². The fraction of sp³-hybridized carbons (Fsp3) is 0. The van der Waals surface area contributed by atoms with Crippen LogP contribution < -0.4 is 10.1 Å². The van der Waals surface area contributed by atoms with Gasteiger partial charge in [-0.2, -0.15) is 0 Å². The Morgan fingerprint density at radius 2 is 1.50 bits per heavy atom. The molecule has 5 aromatic rings. The number of anilines is 1. The molecule has 5 nitrogen and oxygen atoms in total. The van der Waals surface area contributed by atoms with E-state index in [1.165, 1.54) is 0 Å². The molecule has 0 fully saturated rings. The van der Waals surface area contributed by atoms with E-state index in [4.69, 9.17) is 16.3 Å². The summed E-state index contributed by atoms with van der Waals surface area (Å²) in [5.41, 5.74) is 2.93. The number of fused-ring (bicyclic) bond motifs is 1. The summed E-state index contributed by atoms with van der Waals surface area (Å²) in [4.78, 5) is 26.6. The second-order valence-electron chi connectivity index (χ2n) is 7.61. The number of carbonyl (C=O) groups is 2. The number of Topliss-reactive ketones (excluding diaryl/α,β-unsaturated/α-hetero) is 1. The summed E-state index contributed by atoms with van der Waals surface area (Å²) in [7, 11) is 0. The van der Waals surface area contributed by atoms with Crippen molar-refractivity contribution < 1.29 is 14.3 Å². The minimum absolute atomic E-state index is 0.284. The van der Waals surface area contributed by atoms with Gasteiger partial charge < -0.3 is 14.5 Å². The van der Waals surface area contributed by atoms with Crippen LogP contribution in [-0.4, -0.2) is 16.1 Å². The van der Waals surface area contributed by atoms with Gasteiger partial charge in [0.05, 0.1) is 5.69 Å². The van der Waals surface area contributed by atoms with E-state index < -0.39 is 11.7 Å². The van der Waals surface area contributed by atoms with Crippen LogP contribution in [0.15, 0.2) is 109 Å². The number of nitrogens with one attached hydrogen (secondary N) is 1. The Balaban J connectivity index is 1.51. The van der Waals surface area contributed by atoms with Crippen molar-refractivity contribution in [1.29, 1.82) is 0 Å². The maximum Gasteiger partial charge on any atom is 0.298 e. The molecule has 0 aliphatic heterocycles. The number of hydrogen-bond donors (Lipinski definition) is 1. The number of ether oxygens (including phenoxy) is 1. The summed E-state index contributed by atoms with van der Waals surface area (Å²) in [6.45, 7) is 0. The third-order valence-corrected chi connectivity index (χ3v) is 5.58. The lowest BCUT2D eigenvalue weighted by Gasteiger charge is -2.13. The first-order valence-corrected chi connectivity index (χ1v) is 11.0. The van der Waals surface area contributed by atoms with E-state index in [9.17, 15) is 9.59 Å². The molecule has 2 heterocycles. The summed E-state index contributed by atoms with van der Waals surface area (Å²) in [6.07, 6.45) is 1.77. The average molecular weight is 467 g/mol. The third kappa shape index (κ3) is 4.29. The lowest BCUT2D eigenvalue weighted by molar-refractivity contribution is -0.112. The zero-order valence-electron chi connectivity index (χ0n) is 17.9. The van der Waals surface area contributed by atoms with Crippen molar-refractivity contribution in [2.24, 2.45) is 0 Å².